The summed E-state index contributed by atoms with van der Waals surface area (Å²) in [5, 5.41) is 0. The Morgan fingerprint density at radius 2 is 1.76 bits per heavy atom. The van der Waals surface area contributed by atoms with Crippen LogP contribution in [0.25, 0.3) is 0 Å². The Morgan fingerprint density at radius 3 is 2.43 bits per heavy atom. The van der Waals surface area contributed by atoms with E-state index in [1.54, 1.807) is 18.2 Å². The van der Waals surface area contributed by atoms with Gasteiger partial charge in [-0.05, 0) is 61.7 Å². The van der Waals surface area contributed by atoms with Crippen LogP contribution in [0, 0.1) is 20.8 Å². The second-order valence-electron chi connectivity index (χ2n) is 5.05. The minimum absolute atomic E-state index is 0.316. The minimum atomic E-state index is -0.473. The molecule has 2 N–H and O–H groups in total. The summed E-state index contributed by atoms with van der Waals surface area (Å²) < 4.78 is 10.7. The average Bonchev–Trinajstić information content (AvgIpc) is 2.45. The van der Waals surface area contributed by atoms with E-state index in [9.17, 15) is 4.79 Å². The molecule has 0 heterocycles. The predicted octanol–water partition coefficient (Wildman–Crippen LogP) is 3.77. The fraction of sp³-hybridized carbons (Fsp3) is 0.235. The fourth-order valence-corrected chi connectivity index (χ4v) is 2.13. The lowest BCUT2D eigenvalue weighted by Crippen LogP contribution is -2.05. The predicted molar refractivity (Wildman–Crippen MR) is 82.9 cm³/mol. The molecule has 0 fully saturated rings. The molecule has 2 rings (SSSR count). The number of anilines is 1. The Kier molecular flexibility index (Phi) is 4.17. The number of carbonyl (C=O) groups is 1. The average molecular weight is 285 g/mol. The summed E-state index contributed by atoms with van der Waals surface area (Å²) in [5.41, 5.74) is 9.80. The van der Waals surface area contributed by atoms with E-state index in [0.717, 1.165) is 22.4 Å². The van der Waals surface area contributed by atoms with Crippen LogP contribution >= 0.6 is 0 Å². The number of benzene rings is 2. The highest BCUT2D eigenvalue weighted by molar-refractivity contribution is 5.93. The Labute approximate surface area is 124 Å². The molecule has 2 aromatic rings. The van der Waals surface area contributed by atoms with Crippen LogP contribution < -0.4 is 10.5 Å². The third-order valence-electron chi connectivity index (χ3n) is 3.39. The third kappa shape index (κ3) is 3.16. The topological polar surface area (TPSA) is 61.5 Å². The van der Waals surface area contributed by atoms with E-state index in [1.165, 1.54) is 7.11 Å². The van der Waals surface area contributed by atoms with Crippen molar-refractivity contribution in [1.82, 2.24) is 0 Å². The normalized spacial score (nSPS) is 10.3. The molecule has 4 heteroatoms. The molecular formula is C17H19NO3. The number of aryl methyl sites for hydroxylation is 2. The summed E-state index contributed by atoms with van der Waals surface area (Å²) in [6, 6.07) is 8.96. The monoisotopic (exact) mass is 285 g/mol. The molecule has 0 radical (unpaired) electrons. The highest BCUT2D eigenvalue weighted by atomic mass is 16.5. The lowest BCUT2D eigenvalue weighted by atomic mass is 10.1. The molecule has 0 spiro atoms. The second-order valence-corrected chi connectivity index (χ2v) is 5.05. The molecule has 2 aromatic carbocycles. The molecule has 0 aromatic heterocycles. The van der Waals surface area contributed by atoms with Crippen molar-refractivity contribution in [3.63, 3.8) is 0 Å². The van der Waals surface area contributed by atoms with Crippen LogP contribution in [0.15, 0.2) is 30.3 Å². The van der Waals surface area contributed by atoms with Gasteiger partial charge >= 0.3 is 5.97 Å². The van der Waals surface area contributed by atoms with Crippen LogP contribution in [0.2, 0.25) is 0 Å². The van der Waals surface area contributed by atoms with Gasteiger partial charge in [-0.25, -0.2) is 4.79 Å². The number of carbonyl (C=O) groups excluding carboxylic acids is 1. The summed E-state index contributed by atoms with van der Waals surface area (Å²) in [5.74, 6) is 0.686. The first-order valence-electron chi connectivity index (χ1n) is 6.66. The molecule has 0 unspecified atom stereocenters. The van der Waals surface area contributed by atoms with E-state index in [1.807, 2.05) is 26.8 Å². The number of methoxy groups -OCH3 is 1. The molecule has 0 aliphatic carbocycles. The standard InChI is InChI=1S/C17H19NO3/c1-10-7-11(2)12(3)16(8-10)21-15-6-5-13(18)9-14(15)17(19)20-4/h5-9H,18H2,1-4H3. The molecule has 0 aliphatic rings. The number of nitrogen functional groups attached to an aromatic ring is 1. The van der Waals surface area contributed by atoms with Gasteiger partial charge in [0.25, 0.3) is 0 Å². The van der Waals surface area contributed by atoms with Crippen molar-refractivity contribution in [2.45, 2.75) is 20.8 Å². The number of hydrogen-bond acceptors (Lipinski definition) is 4. The van der Waals surface area contributed by atoms with Crippen LogP contribution in [-0.2, 0) is 4.74 Å². The van der Waals surface area contributed by atoms with Gasteiger partial charge in [-0.1, -0.05) is 6.07 Å². The molecule has 0 amide bonds. The Hall–Kier alpha value is -2.49. The Bertz CT molecular complexity index is 693. The fourth-order valence-electron chi connectivity index (χ4n) is 2.13. The summed E-state index contributed by atoms with van der Waals surface area (Å²) >= 11 is 0. The summed E-state index contributed by atoms with van der Waals surface area (Å²) in [6.45, 7) is 6.02. The smallest absolute Gasteiger partial charge is 0.341 e. The Balaban J connectivity index is 2.47. The summed E-state index contributed by atoms with van der Waals surface area (Å²) in [7, 11) is 1.33. The van der Waals surface area contributed by atoms with E-state index in [4.69, 9.17) is 15.2 Å². The maximum Gasteiger partial charge on any atom is 0.341 e. The number of nitrogens with two attached hydrogens (primary N) is 1. The van der Waals surface area contributed by atoms with Crippen molar-refractivity contribution in [2.24, 2.45) is 0 Å². The molecule has 0 bridgehead atoms. The van der Waals surface area contributed by atoms with Gasteiger partial charge in [-0.2, -0.15) is 0 Å². The number of rotatable bonds is 3. The van der Waals surface area contributed by atoms with Gasteiger partial charge < -0.3 is 15.2 Å². The van der Waals surface area contributed by atoms with Crippen LogP contribution in [0.4, 0.5) is 5.69 Å². The van der Waals surface area contributed by atoms with E-state index >= 15 is 0 Å². The SMILES string of the molecule is COC(=O)c1cc(N)ccc1Oc1cc(C)cc(C)c1C. The summed E-state index contributed by atoms with van der Waals surface area (Å²) in [4.78, 5) is 11.8. The molecule has 0 aliphatic heterocycles. The molecule has 110 valence electrons. The van der Waals surface area contributed by atoms with Crippen molar-refractivity contribution in [3.05, 3.63) is 52.6 Å². The van der Waals surface area contributed by atoms with E-state index in [-0.39, 0.29) is 0 Å². The van der Waals surface area contributed by atoms with Crippen LogP contribution in [-0.4, -0.2) is 13.1 Å². The maximum atomic E-state index is 11.8. The maximum absolute atomic E-state index is 11.8. The molecule has 0 saturated heterocycles. The molecular weight excluding hydrogens is 266 g/mol. The zero-order chi connectivity index (χ0) is 15.6. The largest absolute Gasteiger partial charge is 0.465 e. The third-order valence-corrected chi connectivity index (χ3v) is 3.39. The number of esters is 1. The highest BCUT2D eigenvalue weighted by Crippen LogP contribution is 2.31. The van der Waals surface area contributed by atoms with Crippen molar-refractivity contribution >= 4 is 11.7 Å². The lowest BCUT2D eigenvalue weighted by molar-refractivity contribution is 0.0598. The molecule has 4 nitrogen and oxygen atoms in total. The van der Waals surface area contributed by atoms with Crippen LogP contribution in [0.5, 0.6) is 11.5 Å². The first-order valence-corrected chi connectivity index (χ1v) is 6.66. The summed E-state index contributed by atoms with van der Waals surface area (Å²) in [6.07, 6.45) is 0. The van der Waals surface area contributed by atoms with Gasteiger partial charge in [0.1, 0.15) is 17.1 Å². The van der Waals surface area contributed by atoms with E-state index in [0.29, 0.717) is 17.0 Å². The second kappa shape index (κ2) is 5.87. The van der Waals surface area contributed by atoms with Gasteiger partial charge in [0, 0.05) is 5.69 Å². The molecule has 0 atom stereocenters. The van der Waals surface area contributed by atoms with Crippen molar-refractivity contribution < 1.29 is 14.3 Å². The van der Waals surface area contributed by atoms with Gasteiger partial charge in [0.15, 0.2) is 0 Å². The van der Waals surface area contributed by atoms with Crippen LogP contribution in [0.1, 0.15) is 27.0 Å². The molecule has 0 saturated carbocycles. The van der Waals surface area contributed by atoms with Crippen molar-refractivity contribution in [3.8, 4) is 11.5 Å². The van der Waals surface area contributed by atoms with E-state index < -0.39 is 5.97 Å². The van der Waals surface area contributed by atoms with Crippen molar-refractivity contribution in [2.75, 3.05) is 12.8 Å². The van der Waals surface area contributed by atoms with Crippen molar-refractivity contribution in [1.29, 1.82) is 0 Å². The first-order chi connectivity index (χ1) is 9.92. The molecule has 21 heavy (non-hydrogen) atoms. The first kappa shape index (κ1) is 14.9. The lowest BCUT2D eigenvalue weighted by Gasteiger charge is -2.14. The highest BCUT2D eigenvalue weighted by Gasteiger charge is 2.15. The van der Waals surface area contributed by atoms with E-state index in [2.05, 4.69) is 6.07 Å². The van der Waals surface area contributed by atoms with Gasteiger partial charge in [-0.15, -0.1) is 0 Å². The van der Waals surface area contributed by atoms with Gasteiger partial charge in [0.05, 0.1) is 7.11 Å². The van der Waals surface area contributed by atoms with Crippen LogP contribution in [0.3, 0.4) is 0 Å². The number of hydrogen-bond donors (Lipinski definition) is 1. The van der Waals surface area contributed by atoms with Gasteiger partial charge in [-0.3, -0.25) is 0 Å². The minimum Gasteiger partial charge on any atom is -0.465 e. The zero-order valence-corrected chi connectivity index (χ0v) is 12.7. The Morgan fingerprint density at radius 1 is 1.05 bits per heavy atom. The zero-order valence-electron chi connectivity index (χ0n) is 12.7. The van der Waals surface area contributed by atoms with Gasteiger partial charge in [0.2, 0.25) is 0 Å². The quantitative estimate of drug-likeness (QED) is 0.688. The number of ether oxygens (including phenoxy) is 2.